The molecule has 1 aliphatic heterocycles. The number of anilines is 1. The standard InChI is InChI=1S/C19H21FN4/c1-2-18-21-15-6-3-4-7-16(15)24(18)14-10-12-23(13-11-14)19-9-5-8-17(20)22-19/h3-9,14H,2,10-13H2,1H3. The van der Waals surface area contributed by atoms with E-state index in [2.05, 4.69) is 39.6 Å². The minimum absolute atomic E-state index is 0.413. The van der Waals surface area contributed by atoms with Gasteiger partial charge >= 0.3 is 0 Å². The number of fused-ring (bicyclic) bond motifs is 1. The van der Waals surface area contributed by atoms with Gasteiger partial charge in [0, 0.05) is 25.6 Å². The Labute approximate surface area is 141 Å². The van der Waals surface area contributed by atoms with E-state index in [0.717, 1.165) is 49.5 Å². The summed E-state index contributed by atoms with van der Waals surface area (Å²) in [7, 11) is 0. The van der Waals surface area contributed by atoms with E-state index in [1.165, 1.54) is 11.6 Å². The lowest BCUT2D eigenvalue weighted by Gasteiger charge is -2.34. The lowest BCUT2D eigenvalue weighted by molar-refractivity contribution is 0.393. The van der Waals surface area contributed by atoms with Crippen molar-refractivity contribution in [3.8, 4) is 0 Å². The number of nitrogens with zero attached hydrogens (tertiary/aromatic N) is 4. The second kappa shape index (κ2) is 6.23. The molecule has 3 heterocycles. The second-order valence-electron chi connectivity index (χ2n) is 6.28. The molecule has 0 bridgehead atoms. The number of piperidine rings is 1. The molecule has 5 heteroatoms. The molecule has 0 saturated carbocycles. The number of benzene rings is 1. The Kier molecular flexibility index (Phi) is 3.92. The fraction of sp³-hybridized carbons (Fsp3) is 0.368. The Morgan fingerprint density at radius 2 is 1.83 bits per heavy atom. The van der Waals surface area contributed by atoms with Crippen LogP contribution in [0.25, 0.3) is 11.0 Å². The molecule has 24 heavy (non-hydrogen) atoms. The number of para-hydroxylation sites is 2. The number of rotatable bonds is 3. The van der Waals surface area contributed by atoms with E-state index >= 15 is 0 Å². The Morgan fingerprint density at radius 3 is 2.58 bits per heavy atom. The van der Waals surface area contributed by atoms with E-state index in [0.29, 0.717) is 6.04 Å². The molecule has 0 unspecified atom stereocenters. The molecule has 0 atom stereocenters. The van der Waals surface area contributed by atoms with Crippen molar-refractivity contribution in [1.82, 2.24) is 14.5 Å². The lowest BCUT2D eigenvalue weighted by Crippen LogP contribution is -2.35. The van der Waals surface area contributed by atoms with Gasteiger partial charge in [-0.05, 0) is 37.1 Å². The number of pyridine rings is 1. The van der Waals surface area contributed by atoms with Crippen molar-refractivity contribution in [2.75, 3.05) is 18.0 Å². The van der Waals surface area contributed by atoms with Gasteiger partial charge in [-0.3, -0.25) is 0 Å². The summed E-state index contributed by atoms with van der Waals surface area (Å²) in [6.45, 7) is 3.93. The molecule has 0 amide bonds. The smallest absolute Gasteiger partial charge is 0.214 e. The predicted molar refractivity (Wildman–Crippen MR) is 93.8 cm³/mol. The topological polar surface area (TPSA) is 34.0 Å². The van der Waals surface area contributed by atoms with Crippen LogP contribution >= 0.6 is 0 Å². The zero-order chi connectivity index (χ0) is 16.5. The van der Waals surface area contributed by atoms with Crippen LogP contribution in [0.3, 0.4) is 0 Å². The lowest BCUT2D eigenvalue weighted by atomic mass is 10.0. The quantitative estimate of drug-likeness (QED) is 0.684. The van der Waals surface area contributed by atoms with E-state index < -0.39 is 5.95 Å². The highest BCUT2D eigenvalue weighted by Crippen LogP contribution is 2.30. The third-order valence-electron chi connectivity index (χ3n) is 4.84. The van der Waals surface area contributed by atoms with Crippen LogP contribution in [0.1, 0.15) is 31.6 Å². The highest BCUT2D eigenvalue weighted by molar-refractivity contribution is 5.76. The van der Waals surface area contributed by atoms with Gasteiger partial charge in [-0.25, -0.2) is 9.97 Å². The summed E-state index contributed by atoms with van der Waals surface area (Å²) in [5.41, 5.74) is 2.29. The molecule has 4 rings (SSSR count). The average Bonchev–Trinajstić information content (AvgIpc) is 3.00. The Balaban J connectivity index is 1.58. The molecule has 124 valence electrons. The normalized spacial score (nSPS) is 16.0. The van der Waals surface area contributed by atoms with Gasteiger partial charge in [-0.15, -0.1) is 0 Å². The van der Waals surface area contributed by atoms with Crippen molar-refractivity contribution in [3.63, 3.8) is 0 Å². The Bertz CT molecular complexity index is 849. The average molecular weight is 324 g/mol. The number of imidazole rings is 1. The molecule has 1 aromatic carbocycles. The van der Waals surface area contributed by atoms with Crippen LogP contribution in [-0.4, -0.2) is 27.6 Å². The first kappa shape index (κ1) is 15.1. The maximum absolute atomic E-state index is 13.3. The van der Waals surface area contributed by atoms with Crippen LogP contribution < -0.4 is 4.90 Å². The summed E-state index contributed by atoms with van der Waals surface area (Å²) < 4.78 is 15.8. The molecule has 1 saturated heterocycles. The Morgan fingerprint density at radius 1 is 1.04 bits per heavy atom. The first-order valence-corrected chi connectivity index (χ1v) is 8.59. The van der Waals surface area contributed by atoms with E-state index in [-0.39, 0.29) is 0 Å². The van der Waals surface area contributed by atoms with Crippen molar-refractivity contribution in [3.05, 3.63) is 54.2 Å². The molecular weight excluding hydrogens is 303 g/mol. The number of hydrogen-bond acceptors (Lipinski definition) is 3. The minimum atomic E-state index is -0.413. The first-order chi connectivity index (χ1) is 11.8. The molecule has 1 aliphatic rings. The van der Waals surface area contributed by atoms with Crippen LogP contribution in [-0.2, 0) is 6.42 Å². The molecule has 1 fully saturated rings. The molecule has 2 aromatic heterocycles. The monoisotopic (exact) mass is 324 g/mol. The Hall–Kier alpha value is -2.43. The van der Waals surface area contributed by atoms with Crippen LogP contribution in [0.4, 0.5) is 10.2 Å². The molecular formula is C19H21FN4. The van der Waals surface area contributed by atoms with E-state index in [1.807, 2.05) is 12.1 Å². The van der Waals surface area contributed by atoms with Gasteiger partial charge in [-0.1, -0.05) is 25.1 Å². The van der Waals surface area contributed by atoms with Crippen molar-refractivity contribution < 1.29 is 4.39 Å². The number of aryl methyl sites for hydroxylation is 1. The molecule has 0 radical (unpaired) electrons. The van der Waals surface area contributed by atoms with Crippen molar-refractivity contribution >= 4 is 16.9 Å². The van der Waals surface area contributed by atoms with Crippen molar-refractivity contribution in [2.45, 2.75) is 32.2 Å². The zero-order valence-corrected chi connectivity index (χ0v) is 13.8. The second-order valence-corrected chi connectivity index (χ2v) is 6.28. The molecule has 0 N–H and O–H groups in total. The minimum Gasteiger partial charge on any atom is -0.356 e. The summed E-state index contributed by atoms with van der Waals surface area (Å²) in [4.78, 5) is 11.0. The number of hydrogen-bond donors (Lipinski definition) is 0. The fourth-order valence-corrected chi connectivity index (χ4v) is 3.68. The highest BCUT2D eigenvalue weighted by Gasteiger charge is 2.24. The van der Waals surface area contributed by atoms with Crippen molar-refractivity contribution in [1.29, 1.82) is 0 Å². The molecule has 0 spiro atoms. The van der Waals surface area contributed by atoms with Gasteiger partial charge in [0.25, 0.3) is 0 Å². The van der Waals surface area contributed by atoms with Crippen LogP contribution in [0.2, 0.25) is 0 Å². The van der Waals surface area contributed by atoms with Gasteiger partial charge in [0.05, 0.1) is 11.0 Å². The number of aromatic nitrogens is 3. The highest BCUT2D eigenvalue weighted by atomic mass is 19.1. The molecule has 0 aliphatic carbocycles. The summed E-state index contributed by atoms with van der Waals surface area (Å²) >= 11 is 0. The van der Waals surface area contributed by atoms with Gasteiger partial charge in [0.1, 0.15) is 11.6 Å². The van der Waals surface area contributed by atoms with Crippen LogP contribution in [0, 0.1) is 5.95 Å². The van der Waals surface area contributed by atoms with E-state index in [4.69, 9.17) is 4.98 Å². The van der Waals surface area contributed by atoms with Crippen LogP contribution in [0.15, 0.2) is 42.5 Å². The van der Waals surface area contributed by atoms with E-state index in [9.17, 15) is 4.39 Å². The molecule has 4 nitrogen and oxygen atoms in total. The van der Waals surface area contributed by atoms with Gasteiger partial charge in [-0.2, -0.15) is 4.39 Å². The predicted octanol–water partition coefficient (Wildman–Crippen LogP) is 3.97. The van der Waals surface area contributed by atoms with Crippen LogP contribution in [0.5, 0.6) is 0 Å². The van der Waals surface area contributed by atoms with Gasteiger partial charge < -0.3 is 9.47 Å². The maximum atomic E-state index is 13.3. The third kappa shape index (κ3) is 2.64. The summed E-state index contributed by atoms with van der Waals surface area (Å²) in [5, 5.41) is 0. The summed E-state index contributed by atoms with van der Waals surface area (Å²) in [5.74, 6) is 1.47. The van der Waals surface area contributed by atoms with Crippen molar-refractivity contribution in [2.24, 2.45) is 0 Å². The third-order valence-corrected chi connectivity index (χ3v) is 4.84. The van der Waals surface area contributed by atoms with Gasteiger partial charge in [0.15, 0.2) is 0 Å². The van der Waals surface area contributed by atoms with Gasteiger partial charge in [0.2, 0.25) is 5.95 Å². The molecule has 3 aromatic rings. The maximum Gasteiger partial charge on any atom is 0.214 e. The first-order valence-electron chi connectivity index (χ1n) is 8.59. The summed E-state index contributed by atoms with van der Waals surface area (Å²) in [6, 6.07) is 13.8. The fourth-order valence-electron chi connectivity index (χ4n) is 3.68. The zero-order valence-electron chi connectivity index (χ0n) is 13.8. The largest absolute Gasteiger partial charge is 0.356 e. The summed E-state index contributed by atoms with van der Waals surface area (Å²) in [6.07, 6.45) is 2.97. The number of halogens is 1. The van der Waals surface area contributed by atoms with E-state index in [1.54, 1.807) is 6.07 Å². The SMILES string of the molecule is CCc1nc2ccccc2n1C1CCN(c2cccc(F)n2)CC1.